The quantitative estimate of drug-likeness (QED) is 0.840. The highest BCUT2D eigenvalue weighted by Crippen LogP contribution is 2.20. The van der Waals surface area contributed by atoms with Gasteiger partial charge in [0, 0.05) is 19.2 Å². The summed E-state index contributed by atoms with van der Waals surface area (Å²) >= 11 is 0. The summed E-state index contributed by atoms with van der Waals surface area (Å²) < 4.78 is 32.5. The number of aryl methyl sites for hydroxylation is 1. The van der Waals surface area contributed by atoms with Crippen molar-refractivity contribution in [2.45, 2.75) is 25.3 Å². The molecule has 0 aliphatic carbocycles. The topological polar surface area (TPSA) is 84.5 Å². The number of sulfonamides is 1. The van der Waals surface area contributed by atoms with Crippen LogP contribution in [0.3, 0.4) is 0 Å². The van der Waals surface area contributed by atoms with E-state index in [0.717, 1.165) is 5.56 Å². The summed E-state index contributed by atoms with van der Waals surface area (Å²) in [5.74, 6) is 0.465. The van der Waals surface area contributed by atoms with Crippen LogP contribution >= 0.6 is 0 Å². The normalized spacial score (nSPS) is 11.1. The number of amides is 1. The van der Waals surface area contributed by atoms with Crippen molar-refractivity contribution in [3.05, 3.63) is 53.6 Å². The summed E-state index contributed by atoms with van der Waals surface area (Å²) in [6.07, 6.45) is 0. The van der Waals surface area contributed by atoms with Gasteiger partial charge in [-0.15, -0.1) is 0 Å². The number of methoxy groups -OCH3 is 1. The van der Waals surface area contributed by atoms with Crippen LogP contribution < -0.4 is 14.8 Å². The second-order valence-electron chi connectivity index (χ2n) is 5.33. The number of hydrogen-bond acceptors (Lipinski definition) is 4. The lowest BCUT2D eigenvalue weighted by molar-refractivity contribution is -0.114. The summed E-state index contributed by atoms with van der Waals surface area (Å²) in [5, 5.41) is 2.65. The highest BCUT2D eigenvalue weighted by molar-refractivity contribution is 7.89. The summed E-state index contributed by atoms with van der Waals surface area (Å²) in [6, 6.07) is 11.8. The van der Waals surface area contributed by atoms with Gasteiger partial charge in [-0.3, -0.25) is 4.79 Å². The third-order valence-corrected chi connectivity index (χ3v) is 4.82. The molecule has 1 amide bonds. The number of hydrogen-bond donors (Lipinski definition) is 2. The summed E-state index contributed by atoms with van der Waals surface area (Å²) in [6.45, 7) is 3.30. The Morgan fingerprint density at radius 1 is 1.17 bits per heavy atom. The molecule has 2 N–H and O–H groups in total. The van der Waals surface area contributed by atoms with Gasteiger partial charge in [0.25, 0.3) is 0 Å². The Morgan fingerprint density at radius 2 is 1.92 bits per heavy atom. The molecule has 6 nitrogen and oxygen atoms in total. The smallest absolute Gasteiger partial charge is 0.240 e. The molecule has 128 valence electrons. The van der Waals surface area contributed by atoms with Crippen LogP contribution in [0, 0.1) is 6.92 Å². The number of rotatable bonds is 6. The first-order valence-electron chi connectivity index (χ1n) is 7.32. The fourth-order valence-electron chi connectivity index (χ4n) is 2.18. The molecule has 2 aromatic carbocycles. The number of carbonyl (C=O) groups is 1. The highest BCUT2D eigenvalue weighted by atomic mass is 32.2. The number of nitrogens with one attached hydrogen (secondary N) is 2. The van der Waals surface area contributed by atoms with Crippen molar-refractivity contribution in [1.29, 1.82) is 0 Å². The Morgan fingerprint density at radius 3 is 2.54 bits per heavy atom. The molecule has 0 radical (unpaired) electrons. The van der Waals surface area contributed by atoms with Gasteiger partial charge in [0.05, 0.1) is 12.0 Å². The van der Waals surface area contributed by atoms with Gasteiger partial charge in [0.1, 0.15) is 5.75 Å². The van der Waals surface area contributed by atoms with E-state index in [2.05, 4.69) is 10.0 Å². The summed E-state index contributed by atoms with van der Waals surface area (Å²) in [5.41, 5.74) is 2.06. The zero-order valence-corrected chi connectivity index (χ0v) is 14.6. The molecule has 0 spiro atoms. The van der Waals surface area contributed by atoms with Crippen LogP contribution in [0.4, 0.5) is 5.69 Å². The molecule has 0 atom stereocenters. The van der Waals surface area contributed by atoms with Crippen molar-refractivity contribution < 1.29 is 17.9 Å². The fourth-order valence-corrected chi connectivity index (χ4v) is 3.28. The maximum atomic E-state index is 12.4. The number of anilines is 1. The molecule has 0 unspecified atom stereocenters. The van der Waals surface area contributed by atoms with E-state index in [1.54, 1.807) is 38.3 Å². The zero-order chi connectivity index (χ0) is 17.7. The standard InChI is InChI=1S/C17H20N2O4S/c1-12-9-16(7-8-17(12)19-13(2)20)24(21,22)18-11-14-5-4-6-15(10-14)23-3/h4-10,18H,11H2,1-3H3,(H,19,20). The summed E-state index contributed by atoms with van der Waals surface area (Å²) in [7, 11) is -2.09. The number of ether oxygens (including phenoxy) is 1. The first kappa shape index (κ1) is 18.0. The van der Waals surface area contributed by atoms with Crippen molar-refractivity contribution in [2.75, 3.05) is 12.4 Å². The minimum atomic E-state index is -3.65. The molecule has 0 fully saturated rings. The Bertz CT molecular complexity index is 847. The predicted octanol–water partition coefficient (Wildman–Crippen LogP) is 2.44. The van der Waals surface area contributed by atoms with Crippen molar-refractivity contribution in [2.24, 2.45) is 0 Å². The maximum Gasteiger partial charge on any atom is 0.240 e. The van der Waals surface area contributed by atoms with Crippen molar-refractivity contribution in [3.8, 4) is 5.75 Å². The van der Waals surface area contributed by atoms with Gasteiger partial charge in [0.15, 0.2) is 0 Å². The van der Waals surface area contributed by atoms with Gasteiger partial charge in [-0.1, -0.05) is 12.1 Å². The lowest BCUT2D eigenvalue weighted by Crippen LogP contribution is -2.23. The van der Waals surface area contributed by atoms with E-state index in [1.165, 1.54) is 19.1 Å². The van der Waals surface area contributed by atoms with Crippen LogP contribution in [0.5, 0.6) is 5.75 Å². The van der Waals surface area contributed by atoms with Crippen LogP contribution in [-0.4, -0.2) is 21.4 Å². The van der Waals surface area contributed by atoms with Gasteiger partial charge in [0.2, 0.25) is 15.9 Å². The molecular weight excluding hydrogens is 328 g/mol. The average Bonchev–Trinajstić information content (AvgIpc) is 2.54. The van der Waals surface area contributed by atoms with Crippen LogP contribution in [0.1, 0.15) is 18.1 Å². The monoisotopic (exact) mass is 348 g/mol. The van der Waals surface area contributed by atoms with Crippen LogP contribution in [-0.2, 0) is 21.4 Å². The van der Waals surface area contributed by atoms with E-state index in [-0.39, 0.29) is 17.3 Å². The van der Waals surface area contributed by atoms with Gasteiger partial charge in [-0.05, 0) is 48.4 Å². The molecule has 0 aliphatic rings. The Balaban J connectivity index is 2.15. The zero-order valence-electron chi connectivity index (χ0n) is 13.8. The van der Waals surface area contributed by atoms with E-state index >= 15 is 0 Å². The van der Waals surface area contributed by atoms with Gasteiger partial charge >= 0.3 is 0 Å². The lowest BCUT2D eigenvalue weighted by atomic mass is 10.2. The Labute approximate surface area is 141 Å². The van der Waals surface area contributed by atoms with Gasteiger partial charge in [-0.25, -0.2) is 13.1 Å². The summed E-state index contributed by atoms with van der Waals surface area (Å²) in [4.78, 5) is 11.3. The molecule has 0 aliphatic heterocycles. The average molecular weight is 348 g/mol. The Kier molecular flexibility index (Phi) is 5.58. The van der Waals surface area contributed by atoms with Crippen molar-refractivity contribution in [1.82, 2.24) is 4.72 Å². The second kappa shape index (κ2) is 7.46. The van der Waals surface area contributed by atoms with Crippen molar-refractivity contribution >= 4 is 21.6 Å². The molecule has 0 aromatic heterocycles. The van der Waals surface area contributed by atoms with E-state index in [9.17, 15) is 13.2 Å². The van der Waals surface area contributed by atoms with E-state index in [1.807, 2.05) is 6.07 Å². The fraction of sp³-hybridized carbons (Fsp3) is 0.235. The predicted molar refractivity (Wildman–Crippen MR) is 92.5 cm³/mol. The molecule has 0 saturated heterocycles. The van der Waals surface area contributed by atoms with Gasteiger partial charge in [-0.2, -0.15) is 0 Å². The largest absolute Gasteiger partial charge is 0.497 e. The molecular formula is C17H20N2O4S. The van der Waals surface area contributed by atoms with E-state index in [0.29, 0.717) is 17.0 Å². The van der Waals surface area contributed by atoms with Crippen LogP contribution in [0.15, 0.2) is 47.4 Å². The maximum absolute atomic E-state index is 12.4. The number of benzene rings is 2. The first-order valence-corrected chi connectivity index (χ1v) is 8.81. The highest BCUT2D eigenvalue weighted by Gasteiger charge is 2.15. The first-order chi connectivity index (χ1) is 11.3. The van der Waals surface area contributed by atoms with Gasteiger partial charge < -0.3 is 10.1 Å². The minimum Gasteiger partial charge on any atom is -0.497 e. The molecule has 0 heterocycles. The van der Waals surface area contributed by atoms with E-state index < -0.39 is 10.0 Å². The van der Waals surface area contributed by atoms with E-state index in [4.69, 9.17) is 4.74 Å². The third kappa shape index (κ3) is 4.56. The lowest BCUT2D eigenvalue weighted by Gasteiger charge is -2.11. The Hall–Kier alpha value is -2.38. The second-order valence-corrected chi connectivity index (χ2v) is 7.10. The molecule has 2 rings (SSSR count). The third-order valence-electron chi connectivity index (χ3n) is 3.42. The number of carbonyl (C=O) groups excluding carboxylic acids is 1. The van der Waals surface area contributed by atoms with Crippen LogP contribution in [0.25, 0.3) is 0 Å². The molecule has 2 aromatic rings. The molecule has 7 heteroatoms. The minimum absolute atomic E-state index is 0.150. The van der Waals surface area contributed by atoms with Crippen LogP contribution in [0.2, 0.25) is 0 Å². The molecule has 0 bridgehead atoms. The molecule has 0 saturated carbocycles. The SMILES string of the molecule is COc1cccc(CNS(=O)(=O)c2ccc(NC(C)=O)c(C)c2)c1. The molecule has 24 heavy (non-hydrogen) atoms. The van der Waals surface area contributed by atoms with Crippen molar-refractivity contribution in [3.63, 3.8) is 0 Å².